The van der Waals surface area contributed by atoms with E-state index in [1.165, 1.54) is 32.1 Å². The van der Waals surface area contributed by atoms with E-state index in [0.29, 0.717) is 5.41 Å². The van der Waals surface area contributed by atoms with E-state index in [1.807, 2.05) is 0 Å². The topological polar surface area (TPSA) is 3.24 Å². The molecule has 1 aliphatic heterocycles. The average Bonchev–Trinajstić information content (AvgIpc) is 3.28. The molecule has 7 aliphatic carbocycles. The first-order valence-corrected chi connectivity index (χ1v) is 18.4. The fraction of sp³-hybridized carbons (Fsp3) is 1.00. The Balaban J connectivity index is 1.26. The minimum Gasteiger partial charge on any atom is -0.294 e. The number of fused-ring (bicyclic) bond motifs is 9. The molecule has 1 nitrogen and oxygen atoms in total. The van der Waals surface area contributed by atoms with Crippen molar-refractivity contribution in [2.24, 2.45) is 64.6 Å². The van der Waals surface area contributed by atoms with Crippen LogP contribution < -0.4 is 0 Å². The summed E-state index contributed by atoms with van der Waals surface area (Å²) in [6.07, 6.45) is 32.9. The Morgan fingerprint density at radius 3 is 2.00 bits per heavy atom. The van der Waals surface area contributed by atoms with E-state index in [0.717, 1.165) is 77.3 Å². The van der Waals surface area contributed by atoms with Crippen LogP contribution in [0.5, 0.6) is 0 Å². The summed E-state index contributed by atoms with van der Waals surface area (Å²) >= 11 is 0. The van der Waals surface area contributed by atoms with Gasteiger partial charge in [0, 0.05) is 18.1 Å². The van der Waals surface area contributed by atoms with Gasteiger partial charge in [-0.3, -0.25) is 4.90 Å². The van der Waals surface area contributed by atoms with Crippen molar-refractivity contribution in [1.82, 2.24) is 4.90 Å². The van der Waals surface area contributed by atoms with Crippen LogP contribution in [0.4, 0.5) is 0 Å². The zero-order chi connectivity index (χ0) is 25.4. The Morgan fingerprint density at radius 1 is 0.474 bits per heavy atom. The van der Waals surface area contributed by atoms with Crippen molar-refractivity contribution in [2.75, 3.05) is 0 Å². The maximum absolute atomic E-state index is 3.50. The lowest BCUT2D eigenvalue weighted by Crippen LogP contribution is -2.67. The van der Waals surface area contributed by atoms with E-state index >= 15 is 0 Å². The van der Waals surface area contributed by atoms with E-state index in [4.69, 9.17) is 0 Å². The van der Waals surface area contributed by atoms with Gasteiger partial charge < -0.3 is 0 Å². The Morgan fingerprint density at radius 2 is 1.13 bits per heavy atom. The third kappa shape index (κ3) is 3.91. The molecular formula is C37H61N. The van der Waals surface area contributed by atoms with Gasteiger partial charge >= 0.3 is 0 Å². The van der Waals surface area contributed by atoms with E-state index in [1.54, 1.807) is 103 Å². The minimum atomic E-state index is 0.587. The number of likely N-dealkylation sites (tertiary alicyclic amines) is 1. The smallest absolute Gasteiger partial charge is 0.0163 e. The Hall–Kier alpha value is -0.0400. The van der Waals surface area contributed by atoms with E-state index in [9.17, 15) is 0 Å². The highest BCUT2D eigenvalue weighted by Gasteiger charge is 2.64. The molecule has 1 heterocycles. The molecule has 7 saturated carbocycles. The molecule has 8 fully saturated rings. The normalized spacial score (nSPS) is 52.9. The molecule has 0 aromatic rings. The summed E-state index contributed by atoms with van der Waals surface area (Å²) in [4.78, 5) is 3.50. The van der Waals surface area contributed by atoms with Crippen LogP contribution in [-0.2, 0) is 0 Å². The number of hydrogen-bond acceptors (Lipinski definition) is 1. The molecule has 1 saturated heterocycles. The molecule has 214 valence electrons. The second-order valence-electron chi connectivity index (χ2n) is 17.2. The van der Waals surface area contributed by atoms with E-state index < -0.39 is 0 Å². The first kappa shape index (κ1) is 25.7. The monoisotopic (exact) mass is 519 g/mol. The predicted molar refractivity (Wildman–Crippen MR) is 159 cm³/mol. The summed E-state index contributed by atoms with van der Waals surface area (Å²) < 4.78 is 0. The molecule has 8 rings (SSSR count). The quantitative estimate of drug-likeness (QED) is 0.333. The summed E-state index contributed by atoms with van der Waals surface area (Å²) in [7, 11) is 0. The van der Waals surface area contributed by atoms with Crippen LogP contribution in [0.2, 0.25) is 0 Å². The third-order valence-corrected chi connectivity index (χ3v) is 15.7. The van der Waals surface area contributed by atoms with Crippen molar-refractivity contribution in [3.63, 3.8) is 0 Å². The number of hydrogen-bond donors (Lipinski definition) is 0. The number of rotatable bonds is 1. The Labute approximate surface area is 236 Å². The first-order valence-electron chi connectivity index (χ1n) is 18.4. The summed E-state index contributed by atoms with van der Waals surface area (Å²) in [5.41, 5.74) is 0.587. The van der Waals surface area contributed by atoms with Gasteiger partial charge in [0.15, 0.2) is 0 Å². The molecule has 0 amide bonds. The SMILES string of the molecule is CC1(C)C2CCCCCC2C2C3[C@@H](CCC[C@@H]31)CC1CC2N(C2CCCCC2)C2C3CCCC[C@@H]3CC[C@H]12. The van der Waals surface area contributed by atoms with Gasteiger partial charge in [-0.25, -0.2) is 0 Å². The van der Waals surface area contributed by atoms with Gasteiger partial charge in [0.25, 0.3) is 0 Å². The van der Waals surface area contributed by atoms with Gasteiger partial charge in [-0.1, -0.05) is 84.5 Å². The van der Waals surface area contributed by atoms with E-state index in [2.05, 4.69) is 18.7 Å². The summed E-state index contributed by atoms with van der Waals surface area (Å²) in [5, 5.41) is 0. The van der Waals surface area contributed by atoms with Crippen molar-refractivity contribution in [3.05, 3.63) is 0 Å². The molecule has 0 spiro atoms. The van der Waals surface area contributed by atoms with Crippen molar-refractivity contribution in [3.8, 4) is 0 Å². The molecule has 1 heteroatoms. The second-order valence-corrected chi connectivity index (χ2v) is 17.2. The van der Waals surface area contributed by atoms with Crippen LogP contribution in [0, 0.1) is 64.6 Å². The van der Waals surface area contributed by atoms with Crippen LogP contribution in [0.3, 0.4) is 0 Å². The zero-order valence-corrected chi connectivity index (χ0v) is 25.3. The first-order chi connectivity index (χ1) is 18.6. The summed E-state index contributed by atoms with van der Waals surface area (Å²) in [6, 6.07) is 2.89. The van der Waals surface area contributed by atoms with Gasteiger partial charge in [-0.2, -0.15) is 0 Å². The second kappa shape index (κ2) is 10.1. The summed E-state index contributed by atoms with van der Waals surface area (Å²) in [5.74, 6) is 10.6. The fourth-order valence-electron chi connectivity index (χ4n) is 14.5. The van der Waals surface area contributed by atoms with Gasteiger partial charge in [0.2, 0.25) is 0 Å². The lowest BCUT2D eigenvalue weighted by Gasteiger charge is -2.65. The van der Waals surface area contributed by atoms with Crippen LogP contribution in [-0.4, -0.2) is 23.0 Å². The molecule has 38 heavy (non-hydrogen) atoms. The fourth-order valence-corrected chi connectivity index (χ4v) is 14.5. The summed E-state index contributed by atoms with van der Waals surface area (Å²) in [6.45, 7) is 5.59. The van der Waals surface area contributed by atoms with Crippen LogP contribution in [0.1, 0.15) is 149 Å². The molecule has 12 atom stereocenters. The van der Waals surface area contributed by atoms with Gasteiger partial charge in [-0.15, -0.1) is 0 Å². The highest BCUT2D eigenvalue weighted by atomic mass is 15.3. The van der Waals surface area contributed by atoms with Gasteiger partial charge in [-0.05, 0) is 129 Å². The Kier molecular flexibility index (Phi) is 6.78. The lowest BCUT2D eigenvalue weighted by atomic mass is 9.44. The van der Waals surface area contributed by atoms with Crippen LogP contribution in [0.25, 0.3) is 0 Å². The van der Waals surface area contributed by atoms with Crippen LogP contribution >= 0.6 is 0 Å². The molecule has 0 aromatic carbocycles. The number of nitrogens with zero attached hydrogens (tertiary/aromatic N) is 1. The molecule has 0 aromatic heterocycles. The molecule has 8 aliphatic rings. The molecular weight excluding hydrogens is 458 g/mol. The molecule has 0 radical (unpaired) electrons. The average molecular weight is 520 g/mol. The van der Waals surface area contributed by atoms with Crippen molar-refractivity contribution in [2.45, 2.75) is 167 Å². The highest BCUT2D eigenvalue weighted by Crippen LogP contribution is 2.67. The molecule has 8 unspecified atom stereocenters. The lowest BCUT2D eigenvalue weighted by molar-refractivity contribution is -0.163. The van der Waals surface area contributed by atoms with Gasteiger partial charge in [0.1, 0.15) is 0 Å². The largest absolute Gasteiger partial charge is 0.294 e. The minimum absolute atomic E-state index is 0.587. The maximum Gasteiger partial charge on any atom is 0.0163 e. The zero-order valence-electron chi connectivity index (χ0n) is 25.3. The standard InChI is InChI=1S/C37H61N/c1-37(2)31-18-8-4-7-17-30(31)35-33-23-26(22-25-13-11-19-32(37)34(25)35)29-21-20-24-12-9-10-16-28(24)36(29)38(33)27-14-5-3-6-15-27/h24-36H,3-23H2,1-2H3/t24-,25+,26?,28?,29-,30?,31?,32+,33?,34?,35?,36?/m1/s1. The molecule has 0 N–H and O–H groups in total. The Bertz CT molecular complexity index is 840. The maximum atomic E-state index is 3.50. The van der Waals surface area contributed by atoms with Crippen LogP contribution in [0.15, 0.2) is 0 Å². The number of piperidine rings is 1. The van der Waals surface area contributed by atoms with Crippen molar-refractivity contribution < 1.29 is 0 Å². The molecule has 2 bridgehead atoms. The third-order valence-electron chi connectivity index (χ3n) is 15.7. The van der Waals surface area contributed by atoms with E-state index in [-0.39, 0.29) is 0 Å². The van der Waals surface area contributed by atoms with Crippen molar-refractivity contribution in [1.29, 1.82) is 0 Å². The predicted octanol–water partition coefficient (Wildman–Crippen LogP) is 9.88. The van der Waals surface area contributed by atoms with Crippen molar-refractivity contribution >= 4 is 0 Å². The highest BCUT2D eigenvalue weighted by molar-refractivity contribution is 5.14. The van der Waals surface area contributed by atoms with Gasteiger partial charge in [0.05, 0.1) is 0 Å².